The van der Waals surface area contributed by atoms with Gasteiger partial charge in [0.15, 0.2) is 0 Å². The molecule has 0 bridgehead atoms. The normalized spacial score (nSPS) is 14.1. The van der Waals surface area contributed by atoms with Gasteiger partial charge in [0.2, 0.25) is 5.91 Å². The first kappa shape index (κ1) is 21.5. The zero-order valence-electron chi connectivity index (χ0n) is 17.5. The van der Waals surface area contributed by atoms with E-state index in [1.54, 1.807) is 14.2 Å². The SMILES string of the molecule is COc1ccc(CNC(=O)NC2CCN(C(=O)Cc3ccccc3OC)CC2)cc1. The predicted octanol–water partition coefficient (Wildman–Crippen LogP) is 2.74. The number of nitrogens with one attached hydrogen (secondary N) is 2. The number of ether oxygens (including phenoxy) is 2. The maximum atomic E-state index is 12.6. The fourth-order valence-corrected chi connectivity index (χ4v) is 3.56. The third kappa shape index (κ3) is 5.89. The summed E-state index contributed by atoms with van der Waals surface area (Å²) < 4.78 is 10.5. The number of carbonyl (C=O) groups is 2. The molecule has 1 heterocycles. The van der Waals surface area contributed by atoms with E-state index in [-0.39, 0.29) is 18.0 Å². The number of rotatable bonds is 7. The van der Waals surface area contributed by atoms with Crippen LogP contribution in [0.25, 0.3) is 0 Å². The molecular formula is C23H29N3O4. The van der Waals surface area contributed by atoms with Crippen molar-refractivity contribution in [2.24, 2.45) is 0 Å². The Morgan fingerprint density at radius 1 is 1.00 bits per heavy atom. The van der Waals surface area contributed by atoms with Gasteiger partial charge in [0.25, 0.3) is 0 Å². The number of nitrogens with zero attached hydrogens (tertiary/aromatic N) is 1. The van der Waals surface area contributed by atoms with Crippen molar-refractivity contribution in [2.45, 2.75) is 31.8 Å². The molecule has 7 nitrogen and oxygen atoms in total. The number of hydrogen-bond acceptors (Lipinski definition) is 4. The standard InChI is InChI=1S/C23H29N3O4/c1-29-20-9-7-17(8-10-20)16-24-23(28)25-19-11-13-26(14-12-19)22(27)15-18-5-3-4-6-21(18)30-2/h3-10,19H,11-16H2,1-2H3,(H2,24,25,28). The van der Waals surface area contributed by atoms with Crippen LogP contribution in [0.3, 0.4) is 0 Å². The van der Waals surface area contributed by atoms with Crippen molar-refractivity contribution in [3.8, 4) is 11.5 Å². The molecule has 0 spiro atoms. The molecule has 2 aromatic carbocycles. The number of methoxy groups -OCH3 is 2. The van der Waals surface area contributed by atoms with Crippen molar-refractivity contribution < 1.29 is 19.1 Å². The summed E-state index contributed by atoms with van der Waals surface area (Å²) in [5, 5.41) is 5.88. The zero-order valence-corrected chi connectivity index (χ0v) is 17.5. The van der Waals surface area contributed by atoms with Gasteiger partial charge in [0, 0.05) is 31.2 Å². The van der Waals surface area contributed by atoms with Gasteiger partial charge in [0.1, 0.15) is 11.5 Å². The number of amides is 3. The minimum atomic E-state index is -0.190. The number of hydrogen-bond donors (Lipinski definition) is 2. The average molecular weight is 412 g/mol. The smallest absolute Gasteiger partial charge is 0.315 e. The summed E-state index contributed by atoms with van der Waals surface area (Å²) in [5.74, 6) is 1.60. The van der Waals surface area contributed by atoms with Crippen LogP contribution in [0.5, 0.6) is 11.5 Å². The van der Waals surface area contributed by atoms with Gasteiger partial charge < -0.3 is 25.0 Å². The third-order valence-corrected chi connectivity index (χ3v) is 5.33. The highest BCUT2D eigenvalue weighted by Gasteiger charge is 2.24. The highest BCUT2D eigenvalue weighted by molar-refractivity contribution is 5.79. The summed E-state index contributed by atoms with van der Waals surface area (Å²) in [6, 6.07) is 15.0. The molecule has 160 valence electrons. The quantitative estimate of drug-likeness (QED) is 0.734. The Kier molecular flexibility index (Phi) is 7.54. The van der Waals surface area contributed by atoms with Crippen LogP contribution in [0.1, 0.15) is 24.0 Å². The molecule has 3 amide bonds. The van der Waals surface area contributed by atoms with Gasteiger partial charge in [0.05, 0.1) is 20.6 Å². The average Bonchev–Trinajstić information content (AvgIpc) is 2.79. The van der Waals surface area contributed by atoms with Crippen LogP contribution in [0.4, 0.5) is 4.79 Å². The summed E-state index contributed by atoms with van der Waals surface area (Å²) in [6.45, 7) is 1.72. The Morgan fingerprint density at radius 2 is 1.70 bits per heavy atom. The first-order valence-electron chi connectivity index (χ1n) is 10.2. The molecule has 0 saturated carbocycles. The number of urea groups is 1. The lowest BCUT2D eigenvalue weighted by Gasteiger charge is -2.32. The summed E-state index contributed by atoms with van der Waals surface area (Å²) in [6.07, 6.45) is 1.81. The number of benzene rings is 2. The van der Waals surface area contributed by atoms with Gasteiger partial charge in [-0.15, -0.1) is 0 Å². The molecule has 0 aromatic heterocycles. The molecule has 1 fully saturated rings. The van der Waals surface area contributed by atoms with E-state index < -0.39 is 0 Å². The first-order chi connectivity index (χ1) is 14.6. The second-order valence-electron chi connectivity index (χ2n) is 7.32. The van der Waals surface area contributed by atoms with E-state index in [4.69, 9.17) is 9.47 Å². The lowest BCUT2D eigenvalue weighted by atomic mass is 10.0. The molecule has 2 N–H and O–H groups in total. The van der Waals surface area contributed by atoms with Gasteiger partial charge in [-0.2, -0.15) is 0 Å². The Labute approximate surface area is 177 Å². The lowest BCUT2D eigenvalue weighted by molar-refractivity contribution is -0.131. The van der Waals surface area contributed by atoms with E-state index >= 15 is 0 Å². The molecule has 0 aliphatic carbocycles. The van der Waals surface area contributed by atoms with Crippen LogP contribution in [0, 0.1) is 0 Å². The molecular weight excluding hydrogens is 382 g/mol. The zero-order chi connectivity index (χ0) is 21.3. The minimum Gasteiger partial charge on any atom is -0.497 e. The largest absolute Gasteiger partial charge is 0.497 e. The Hall–Kier alpha value is -3.22. The predicted molar refractivity (Wildman–Crippen MR) is 115 cm³/mol. The van der Waals surface area contributed by atoms with E-state index in [1.807, 2.05) is 53.4 Å². The van der Waals surface area contributed by atoms with Crippen LogP contribution >= 0.6 is 0 Å². The minimum absolute atomic E-state index is 0.0659. The summed E-state index contributed by atoms with van der Waals surface area (Å²) in [7, 11) is 3.23. The molecule has 1 saturated heterocycles. The fraction of sp³-hybridized carbons (Fsp3) is 0.391. The van der Waals surface area contributed by atoms with Gasteiger partial charge >= 0.3 is 6.03 Å². The molecule has 0 unspecified atom stereocenters. The Balaban J connectivity index is 1.40. The molecule has 2 aromatic rings. The topological polar surface area (TPSA) is 79.9 Å². The monoisotopic (exact) mass is 411 g/mol. The van der Waals surface area contributed by atoms with Crippen LogP contribution < -0.4 is 20.1 Å². The molecule has 30 heavy (non-hydrogen) atoms. The van der Waals surface area contributed by atoms with Crippen molar-refractivity contribution in [1.82, 2.24) is 15.5 Å². The van der Waals surface area contributed by atoms with Crippen molar-refractivity contribution in [3.05, 3.63) is 59.7 Å². The number of likely N-dealkylation sites (tertiary alicyclic amines) is 1. The molecule has 0 atom stereocenters. The first-order valence-corrected chi connectivity index (χ1v) is 10.2. The fourth-order valence-electron chi connectivity index (χ4n) is 3.56. The molecule has 1 aliphatic rings. The van der Waals surface area contributed by atoms with Gasteiger partial charge in [-0.3, -0.25) is 4.79 Å². The molecule has 0 radical (unpaired) electrons. The van der Waals surface area contributed by atoms with Crippen LogP contribution in [0.2, 0.25) is 0 Å². The second-order valence-corrected chi connectivity index (χ2v) is 7.32. The number of piperidine rings is 1. The van der Waals surface area contributed by atoms with E-state index in [2.05, 4.69) is 10.6 Å². The second kappa shape index (κ2) is 10.5. The molecule has 1 aliphatic heterocycles. The third-order valence-electron chi connectivity index (χ3n) is 5.33. The summed E-state index contributed by atoms with van der Waals surface area (Å²) in [5.41, 5.74) is 1.89. The maximum Gasteiger partial charge on any atom is 0.315 e. The van der Waals surface area contributed by atoms with Crippen molar-refractivity contribution in [1.29, 1.82) is 0 Å². The lowest BCUT2D eigenvalue weighted by Crippen LogP contribution is -2.49. The highest BCUT2D eigenvalue weighted by atomic mass is 16.5. The van der Waals surface area contributed by atoms with Crippen molar-refractivity contribution in [2.75, 3.05) is 27.3 Å². The van der Waals surface area contributed by atoms with E-state index in [1.165, 1.54) is 0 Å². The number of carbonyl (C=O) groups excluding carboxylic acids is 2. The summed E-state index contributed by atoms with van der Waals surface area (Å²) in [4.78, 5) is 26.7. The Bertz CT molecular complexity index is 846. The van der Waals surface area contributed by atoms with E-state index in [0.29, 0.717) is 26.1 Å². The van der Waals surface area contributed by atoms with E-state index in [0.717, 1.165) is 35.5 Å². The highest BCUT2D eigenvalue weighted by Crippen LogP contribution is 2.20. The maximum absolute atomic E-state index is 12.6. The van der Waals surface area contributed by atoms with Crippen LogP contribution in [0.15, 0.2) is 48.5 Å². The molecule has 7 heteroatoms. The van der Waals surface area contributed by atoms with Gasteiger partial charge in [-0.05, 0) is 36.6 Å². The van der Waals surface area contributed by atoms with Crippen LogP contribution in [-0.2, 0) is 17.8 Å². The van der Waals surface area contributed by atoms with Crippen molar-refractivity contribution in [3.63, 3.8) is 0 Å². The number of para-hydroxylation sites is 1. The van der Waals surface area contributed by atoms with Gasteiger partial charge in [-0.1, -0.05) is 30.3 Å². The van der Waals surface area contributed by atoms with E-state index in [9.17, 15) is 9.59 Å². The summed E-state index contributed by atoms with van der Waals surface area (Å²) >= 11 is 0. The van der Waals surface area contributed by atoms with Crippen LogP contribution in [-0.4, -0.2) is 50.2 Å². The molecule has 3 rings (SSSR count). The van der Waals surface area contributed by atoms with Crippen molar-refractivity contribution >= 4 is 11.9 Å². The van der Waals surface area contributed by atoms with Gasteiger partial charge in [-0.25, -0.2) is 4.79 Å². The Morgan fingerprint density at radius 3 is 2.37 bits per heavy atom.